The Kier molecular flexibility index (Phi) is 8.12. The maximum Gasteiger partial charge on any atom is 0.156 e. The molecule has 1 aliphatic rings. The van der Waals surface area contributed by atoms with Crippen LogP contribution in [0.2, 0.25) is 15.1 Å². The SMILES string of the molecule is Clc1cc(Cl)c(OCCCCCCN2CCNCC2)c(Cl)c1. The molecule has 0 atom stereocenters. The summed E-state index contributed by atoms with van der Waals surface area (Å²) in [6, 6.07) is 3.30. The fourth-order valence-corrected chi connectivity index (χ4v) is 3.49. The molecule has 0 unspecified atom stereocenters. The van der Waals surface area contributed by atoms with Gasteiger partial charge < -0.3 is 15.0 Å². The van der Waals surface area contributed by atoms with Crippen LogP contribution in [0.3, 0.4) is 0 Å². The summed E-state index contributed by atoms with van der Waals surface area (Å²) in [5, 5.41) is 4.83. The van der Waals surface area contributed by atoms with Crippen LogP contribution >= 0.6 is 34.8 Å². The Morgan fingerprint density at radius 2 is 1.59 bits per heavy atom. The van der Waals surface area contributed by atoms with Crippen molar-refractivity contribution in [1.29, 1.82) is 0 Å². The lowest BCUT2D eigenvalue weighted by molar-refractivity contribution is 0.234. The van der Waals surface area contributed by atoms with E-state index in [9.17, 15) is 0 Å². The van der Waals surface area contributed by atoms with Crippen LogP contribution in [0.25, 0.3) is 0 Å². The second-order valence-electron chi connectivity index (χ2n) is 5.55. The van der Waals surface area contributed by atoms with Crippen LogP contribution in [-0.2, 0) is 0 Å². The zero-order chi connectivity index (χ0) is 15.8. The van der Waals surface area contributed by atoms with E-state index in [-0.39, 0.29) is 0 Å². The van der Waals surface area contributed by atoms with Crippen LogP contribution in [0, 0.1) is 0 Å². The number of halogens is 3. The third-order valence-corrected chi connectivity index (χ3v) is 4.57. The van der Waals surface area contributed by atoms with Crippen molar-refractivity contribution in [2.45, 2.75) is 25.7 Å². The highest BCUT2D eigenvalue weighted by Crippen LogP contribution is 2.35. The van der Waals surface area contributed by atoms with Crippen molar-refractivity contribution < 1.29 is 4.74 Å². The number of benzene rings is 1. The molecule has 0 aliphatic carbocycles. The highest BCUT2D eigenvalue weighted by molar-refractivity contribution is 6.40. The molecule has 22 heavy (non-hydrogen) atoms. The third kappa shape index (κ3) is 6.13. The Morgan fingerprint density at radius 3 is 2.27 bits per heavy atom. The van der Waals surface area contributed by atoms with Crippen LogP contribution in [0.4, 0.5) is 0 Å². The zero-order valence-corrected chi connectivity index (χ0v) is 15.0. The summed E-state index contributed by atoms with van der Waals surface area (Å²) >= 11 is 18.0. The number of ether oxygens (including phenoxy) is 1. The Labute approximate surface area is 147 Å². The fourth-order valence-electron chi connectivity index (χ4n) is 2.57. The van der Waals surface area contributed by atoms with Crippen LogP contribution in [0.1, 0.15) is 25.7 Å². The molecule has 1 fully saturated rings. The average Bonchev–Trinajstić information content (AvgIpc) is 2.49. The average molecular weight is 366 g/mol. The van der Waals surface area contributed by atoms with E-state index in [1.54, 1.807) is 12.1 Å². The van der Waals surface area contributed by atoms with Crippen molar-refractivity contribution in [2.75, 3.05) is 39.3 Å². The van der Waals surface area contributed by atoms with Crippen molar-refractivity contribution in [3.8, 4) is 5.75 Å². The summed E-state index contributed by atoms with van der Waals surface area (Å²) in [6.07, 6.45) is 4.66. The number of nitrogens with one attached hydrogen (secondary N) is 1. The highest BCUT2D eigenvalue weighted by Gasteiger charge is 2.10. The van der Waals surface area contributed by atoms with Crippen molar-refractivity contribution in [1.82, 2.24) is 10.2 Å². The fraction of sp³-hybridized carbons (Fsp3) is 0.625. The van der Waals surface area contributed by atoms with Crippen molar-refractivity contribution in [3.05, 3.63) is 27.2 Å². The highest BCUT2D eigenvalue weighted by atomic mass is 35.5. The minimum Gasteiger partial charge on any atom is -0.490 e. The topological polar surface area (TPSA) is 24.5 Å². The van der Waals surface area contributed by atoms with E-state index in [1.165, 1.54) is 32.5 Å². The molecule has 0 radical (unpaired) electrons. The summed E-state index contributed by atoms with van der Waals surface area (Å²) in [4.78, 5) is 2.53. The van der Waals surface area contributed by atoms with Gasteiger partial charge in [-0.25, -0.2) is 0 Å². The molecule has 6 heteroatoms. The largest absolute Gasteiger partial charge is 0.490 e. The van der Waals surface area contributed by atoms with Crippen LogP contribution in [0.5, 0.6) is 5.75 Å². The van der Waals surface area contributed by atoms with Gasteiger partial charge in [0.25, 0.3) is 0 Å². The molecular weight excluding hydrogens is 343 g/mol. The first-order valence-electron chi connectivity index (χ1n) is 7.87. The summed E-state index contributed by atoms with van der Waals surface area (Å²) < 4.78 is 5.68. The smallest absolute Gasteiger partial charge is 0.156 e. The number of piperazine rings is 1. The number of unbranched alkanes of at least 4 members (excludes halogenated alkanes) is 3. The van der Waals surface area contributed by atoms with E-state index in [4.69, 9.17) is 39.5 Å². The maximum atomic E-state index is 6.08. The normalized spacial score (nSPS) is 16.0. The van der Waals surface area contributed by atoms with E-state index in [2.05, 4.69) is 10.2 Å². The van der Waals surface area contributed by atoms with Gasteiger partial charge in [0.2, 0.25) is 0 Å². The standard InChI is InChI=1S/C16H23Cl3N2O/c17-13-11-14(18)16(15(19)12-13)22-10-4-2-1-3-7-21-8-5-20-6-9-21/h11-12,20H,1-10H2. The molecule has 1 aromatic carbocycles. The van der Waals surface area contributed by atoms with Crippen molar-refractivity contribution >= 4 is 34.8 Å². The van der Waals surface area contributed by atoms with E-state index in [0.717, 1.165) is 25.9 Å². The van der Waals surface area contributed by atoms with Crippen LogP contribution in [-0.4, -0.2) is 44.2 Å². The lowest BCUT2D eigenvalue weighted by Gasteiger charge is -2.27. The molecule has 0 bridgehead atoms. The summed E-state index contributed by atoms with van der Waals surface area (Å²) in [6.45, 7) is 6.44. The van der Waals surface area contributed by atoms with Gasteiger partial charge in [0.15, 0.2) is 5.75 Å². The summed E-state index contributed by atoms with van der Waals surface area (Å²) in [5.74, 6) is 0.536. The molecule has 1 aromatic rings. The predicted molar refractivity (Wildman–Crippen MR) is 94.7 cm³/mol. The van der Waals surface area contributed by atoms with Gasteiger partial charge in [-0.15, -0.1) is 0 Å². The minimum absolute atomic E-state index is 0.469. The van der Waals surface area contributed by atoms with Gasteiger partial charge in [-0.1, -0.05) is 47.6 Å². The van der Waals surface area contributed by atoms with Gasteiger partial charge in [0.05, 0.1) is 16.7 Å². The summed E-state index contributed by atoms with van der Waals surface area (Å²) in [5.41, 5.74) is 0. The second kappa shape index (κ2) is 9.84. The van der Waals surface area contributed by atoms with E-state index in [1.807, 2.05) is 0 Å². The molecule has 2 rings (SSSR count). The lowest BCUT2D eigenvalue weighted by Crippen LogP contribution is -2.43. The van der Waals surface area contributed by atoms with Gasteiger partial charge in [0, 0.05) is 31.2 Å². The third-order valence-electron chi connectivity index (χ3n) is 3.79. The number of hydrogen-bond acceptors (Lipinski definition) is 3. The van der Waals surface area contributed by atoms with Crippen molar-refractivity contribution in [3.63, 3.8) is 0 Å². The van der Waals surface area contributed by atoms with Gasteiger partial charge in [0.1, 0.15) is 0 Å². The molecule has 0 aromatic heterocycles. The van der Waals surface area contributed by atoms with Gasteiger partial charge in [-0.3, -0.25) is 0 Å². The number of hydrogen-bond donors (Lipinski definition) is 1. The van der Waals surface area contributed by atoms with E-state index >= 15 is 0 Å². The van der Waals surface area contributed by atoms with Gasteiger partial charge in [-0.05, 0) is 31.5 Å². The van der Waals surface area contributed by atoms with Crippen LogP contribution in [0.15, 0.2) is 12.1 Å². The minimum atomic E-state index is 0.469. The lowest BCUT2D eigenvalue weighted by atomic mass is 10.2. The number of nitrogens with zero attached hydrogens (tertiary/aromatic N) is 1. The van der Waals surface area contributed by atoms with Gasteiger partial charge >= 0.3 is 0 Å². The molecule has 1 aliphatic heterocycles. The Morgan fingerprint density at radius 1 is 0.955 bits per heavy atom. The first-order valence-corrected chi connectivity index (χ1v) is 9.00. The second-order valence-corrected chi connectivity index (χ2v) is 6.80. The number of rotatable bonds is 8. The molecular formula is C16H23Cl3N2O. The molecule has 1 N–H and O–H groups in total. The predicted octanol–water partition coefficient (Wildman–Crippen LogP) is 4.49. The Balaban J connectivity index is 1.56. The first-order chi connectivity index (χ1) is 10.7. The molecule has 124 valence electrons. The molecule has 0 saturated carbocycles. The van der Waals surface area contributed by atoms with Crippen LogP contribution < -0.4 is 10.1 Å². The quantitative estimate of drug-likeness (QED) is 0.687. The molecule has 3 nitrogen and oxygen atoms in total. The molecule has 1 saturated heterocycles. The Bertz CT molecular complexity index is 442. The first kappa shape index (κ1) is 18.2. The Hall–Kier alpha value is -0.190. The zero-order valence-electron chi connectivity index (χ0n) is 12.7. The maximum absolute atomic E-state index is 6.08. The van der Waals surface area contributed by atoms with E-state index in [0.29, 0.717) is 27.4 Å². The molecule has 0 spiro atoms. The van der Waals surface area contributed by atoms with E-state index < -0.39 is 0 Å². The monoisotopic (exact) mass is 364 g/mol. The summed E-state index contributed by atoms with van der Waals surface area (Å²) in [7, 11) is 0. The van der Waals surface area contributed by atoms with Gasteiger partial charge in [-0.2, -0.15) is 0 Å². The van der Waals surface area contributed by atoms with Crippen molar-refractivity contribution in [2.24, 2.45) is 0 Å². The molecule has 1 heterocycles. The molecule has 0 amide bonds.